The normalized spacial score (nSPS) is 11.8. The van der Waals surface area contributed by atoms with Gasteiger partial charge < -0.3 is 14.1 Å². The Balaban J connectivity index is 0.00000541. The van der Waals surface area contributed by atoms with E-state index in [2.05, 4.69) is 25.8 Å². The summed E-state index contributed by atoms with van der Waals surface area (Å²) in [4.78, 5) is 9.58. The Morgan fingerprint density at radius 3 is 1.83 bits per heavy atom. The van der Waals surface area contributed by atoms with E-state index in [1.54, 1.807) is 67.6 Å². The molecule has 0 amide bonds. The predicted molar refractivity (Wildman–Crippen MR) is 193 cm³/mol. The van der Waals surface area contributed by atoms with Crippen LogP contribution in [0.5, 0.6) is 5.75 Å². The maximum absolute atomic E-state index is 12.8. The van der Waals surface area contributed by atoms with Gasteiger partial charge in [-0.2, -0.15) is 18.6 Å². The van der Waals surface area contributed by atoms with E-state index in [0.717, 1.165) is 28.5 Å². The summed E-state index contributed by atoms with van der Waals surface area (Å²) in [7, 11) is -9.01. The molecule has 0 unspecified atom stereocenters. The van der Waals surface area contributed by atoms with Crippen molar-refractivity contribution in [1.29, 1.82) is 0 Å². The van der Waals surface area contributed by atoms with Gasteiger partial charge in [0.25, 0.3) is 5.69 Å². The molecular weight excluding hydrogens is 732 g/mol. The Morgan fingerprint density at radius 2 is 1.26 bits per heavy atom. The maximum atomic E-state index is 12.8. The summed E-state index contributed by atoms with van der Waals surface area (Å²) >= 11 is 0. The minimum Gasteiger partial charge on any atom is -0.744 e. The quantitative estimate of drug-likeness (QED) is 0.0376. The van der Waals surface area contributed by atoms with Crippen LogP contribution in [-0.2, 0) is 20.2 Å². The Bertz CT molecular complexity index is 2620. The van der Waals surface area contributed by atoms with Gasteiger partial charge in [-0.15, -0.1) is 10.2 Å². The zero-order chi connectivity index (χ0) is 37.0. The molecule has 0 spiro atoms. The van der Waals surface area contributed by atoms with Gasteiger partial charge in [-0.3, -0.25) is 10.1 Å². The summed E-state index contributed by atoms with van der Waals surface area (Å²) in [5.74, 6) is 0.180. The molecule has 0 atom stereocenters. The molecule has 0 aromatic heterocycles. The van der Waals surface area contributed by atoms with E-state index in [1.165, 1.54) is 18.2 Å². The Labute approximate surface area is 326 Å². The largest absolute Gasteiger partial charge is 1.00 e. The van der Waals surface area contributed by atoms with Gasteiger partial charge in [-0.25, -0.2) is 8.42 Å². The molecule has 0 saturated heterocycles. The standard InChI is InChI=1S/C36H28N6O8S2.Na/c1-23-7-15-29(16-8-23)52(48,49)50-35-20-13-27(21-24(35)2)39-41-33-19-18-32(30-5-3-4-6-31(30)33)40-38-26-11-9-25(10-12-26)37-34-17-14-28(42(43)44)22-36(34)51(45,46)47;/h3-22,37H,1-2H3,(H,45,46,47);/q;+1/p-1. The summed E-state index contributed by atoms with van der Waals surface area (Å²) in [5.41, 5.74) is 3.34. The van der Waals surface area contributed by atoms with E-state index in [4.69, 9.17) is 4.18 Å². The van der Waals surface area contributed by atoms with E-state index >= 15 is 0 Å². The van der Waals surface area contributed by atoms with Crippen molar-refractivity contribution in [2.75, 3.05) is 5.32 Å². The number of nitrogens with zero attached hydrogens (tertiary/aromatic N) is 5. The number of nitrogens with one attached hydrogen (secondary N) is 1. The summed E-state index contributed by atoms with van der Waals surface area (Å²) in [6, 6.07) is 31.5. The summed E-state index contributed by atoms with van der Waals surface area (Å²) in [5, 5.41) is 32.9. The minimum absolute atomic E-state index is 0. The van der Waals surface area contributed by atoms with Gasteiger partial charge >= 0.3 is 39.7 Å². The molecule has 6 aromatic carbocycles. The smallest absolute Gasteiger partial charge is 0.744 e. The number of nitro benzene ring substituents is 1. The molecular formula is C36H27N6NaO8S2. The molecule has 17 heteroatoms. The van der Waals surface area contributed by atoms with Crippen LogP contribution >= 0.6 is 0 Å². The third-order valence-electron chi connectivity index (χ3n) is 7.68. The van der Waals surface area contributed by atoms with Crippen LogP contribution in [0.4, 0.5) is 39.8 Å². The molecule has 0 fully saturated rings. The molecule has 0 aliphatic carbocycles. The summed E-state index contributed by atoms with van der Waals surface area (Å²) in [6.45, 7) is 3.58. The maximum Gasteiger partial charge on any atom is 1.00 e. The average molecular weight is 759 g/mol. The van der Waals surface area contributed by atoms with Crippen molar-refractivity contribution in [1.82, 2.24) is 0 Å². The number of benzene rings is 6. The topological polar surface area (TPSA) is 205 Å². The number of hydrogen-bond donors (Lipinski definition) is 1. The molecule has 0 heterocycles. The van der Waals surface area contributed by atoms with Crippen LogP contribution in [0.3, 0.4) is 0 Å². The van der Waals surface area contributed by atoms with Gasteiger partial charge in [-0.1, -0.05) is 42.0 Å². The van der Waals surface area contributed by atoms with Gasteiger partial charge in [0.05, 0.1) is 38.3 Å². The first-order valence-electron chi connectivity index (χ1n) is 15.4. The third-order valence-corrected chi connectivity index (χ3v) is 9.81. The Hall–Kier alpha value is -5.36. The number of rotatable bonds is 11. The second-order valence-electron chi connectivity index (χ2n) is 11.4. The molecule has 14 nitrogen and oxygen atoms in total. The molecule has 53 heavy (non-hydrogen) atoms. The van der Waals surface area contributed by atoms with E-state index < -0.39 is 35.7 Å². The van der Waals surface area contributed by atoms with Crippen molar-refractivity contribution < 1.29 is 60.1 Å². The number of azo groups is 2. The van der Waals surface area contributed by atoms with E-state index in [1.807, 2.05) is 31.2 Å². The molecule has 6 aromatic rings. The second kappa shape index (κ2) is 16.1. The van der Waals surface area contributed by atoms with Gasteiger partial charge in [0.1, 0.15) is 20.8 Å². The number of non-ortho nitro benzene ring substituents is 1. The van der Waals surface area contributed by atoms with Crippen LogP contribution in [0.2, 0.25) is 0 Å². The summed E-state index contributed by atoms with van der Waals surface area (Å²) in [6.07, 6.45) is 0. The number of nitro groups is 1. The Kier molecular flexibility index (Phi) is 11.8. The molecule has 262 valence electrons. The van der Waals surface area contributed by atoms with Crippen molar-refractivity contribution in [3.8, 4) is 5.75 Å². The van der Waals surface area contributed by atoms with Gasteiger partial charge in [0, 0.05) is 28.6 Å². The van der Waals surface area contributed by atoms with Crippen LogP contribution in [0.1, 0.15) is 11.1 Å². The molecule has 0 bridgehead atoms. The van der Waals surface area contributed by atoms with E-state index in [9.17, 15) is 31.5 Å². The zero-order valence-corrected chi connectivity index (χ0v) is 32.0. The molecule has 0 aliphatic rings. The number of anilines is 2. The number of aryl methyl sites for hydroxylation is 2. The second-order valence-corrected chi connectivity index (χ2v) is 14.3. The van der Waals surface area contributed by atoms with Crippen LogP contribution in [0.15, 0.2) is 152 Å². The third kappa shape index (κ3) is 9.36. The fraction of sp³-hybridized carbons (Fsp3) is 0.0556. The molecule has 0 saturated carbocycles. The van der Waals surface area contributed by atoms with Crippen molar-refractivity contribution in [3.05, 3.63) is 143 Å². The molecule has 1 N–H and O–H groups in total. The van der Waals surface area contributed by atoms with Crippen molar-refractivity contribution >= 4 is 70.8 Å². The minimum atomic E-state index is -5.00. The SMILES string of the molecule is Cc1ccc(S(=O)(=O)Oc2ccc(N=Nc3ccc(N=Nc4ccc(Nc5ccc([N+](=O)[O-])cc5S(=O)(=O)[O-])cc4)c4ccccc34)cc2C)cc1.[Na+]. The fourth-order valence-corrected chi connectivity index (χ4v) is 6.67. The fourth-order valence-electron chi connectivity index (χ4n) is 5.03. The summed E-state index contributed by atoms with van der Waals surface area (Å²) < 4.78 is 66.1. The first kappa shape index (κ1) is 38.9. The van der Waals surface area contributed by atoms with E-state index in [0.29, 0.717) is 40.1 Å². The molecule has 0 aliphatic heterocycles. The van der Waals surface area contributed by atoms with E-state index in [-0.39, 0.29) is 45.9 Å². The first-order chi connectivity index (χ1) is 24.8. The number of hydrogen-bond acceptors (Lipinski definition) is 13. The predicted octanol–water partition coefficient (Wildman–Crippen LogP) is 6.62. The van der Waals surface area contributed by atoms with Gasteiger partial charge in [-0.05, 0) is 92.2 Å². The van der Waals surface area contributed by atoms with Gasteiger partial charge in [0.2, 0.25) is 0 Å². The molecule has 0 radical (unpaired) electrons. The van der Waals surface area contributed by atoms with Crippen LogP contribution in [0, 0.1) is 24.0 Å². The average Bonchev–Trinajstić information content (AvgIpc) is 3.11. The van der Waals surface area contributed by atoms with Crippen molar-refractivity contribution in [3.63, 3.8) is 0 Å². The first-order valence-corrected chi connectivity index (χ1v) is 18.2. The zero-order valence-electron chi connectivity index (χ0n) is 28.4. The van der Waals surface area contributed by atoms with Crippen LogP contribution in [-0.4, -0.2) is 26.3 Å². The van der Waals surface area contributed by atoms with Crippen molar-refractivity contribution in [2.24, 2.45) is 20.5 Å². The van der Waals surface area contributed by atoms with Gasteiger partial charge in [0.15, 0.2) is 0 Å². The molecule has 6 rings (SSSR count). The van der Waals surface area contributed by atoms with Crippen molar-refractivity contribution in [2.45, 2.75) is 23.6 Å². The van der Waals surface area contributed by atoms with Crippen LogP contribution < -0.4 is 39.1 Å². The number of fused-ring (bicyclic) bond motifs is 1. The monoisotopic (exact) mass is 758 g/mol. The van der Waals surface area contributed by atoms with Crippen LogP contribution in [0.25, 0.3) is 10.8 Å². The Morgan fingerprint density at radius 1 is 0.679 bits per heavy atom.